The minimum Gasteiger partial charge on any atom is -0.508 e. The summed E-state index contributed by atoms with van der Waals surface area (Å²) in [6.45, 7) is 13.3. The van der Waals surface area contributed by atoms with E-state index in [2.05, 4.69) is 23.8 Å². The number of benzene rings is 2. The number of phenolic OH excluding ortho intramolecular Hbond substituents is 1. The van der Waals surface area contributed by atoms with Gasteiger partial charge in [0.1, 0.15) is 11.8 Å². The molecule has 8 heteroatoms. The van der Waals surface area contributed by atoms with Crippen molar-refractivity contribution in [3.8, 4) is 5.75 Å². The molecule has 0 bridgehead atoms. The molecule has 0 radical (unpaired) electrons. The third-order valence-electron chi connectivity index (χ3n) is 7.02. The van der Waals surface area contributed by atoms with Crippen LogP contribution in [0, 0.1) is 12.3 Å². The smallest absolute Gasteiger partial charge is 0.254 e. The van der Waals surface area contributed by atoms with Crippen LogP contribution in [0.5, 0.6) is 5.75 Å². The summed E-state index contributed by atoms with van der Waals surface area (Å²) >= 11 is 0. The van der Waals surface area contributed by atoms with Gasteiger partial charge in [-0.2, -0.15) is 0 Å². The summed E-state index contributed by atoms with van der Waals surface area (Å²) in [6.07, 6.45) is 0.0750. The first-order chi connectivity index (χ1) is 17.5. The molecule has 3 amide bonds. The number of aliphatic hydroxyl groups is 1. The fourth-order valence-corrected chi connectivity index (χ4v) is 4.59. The van der Waals surface area contributed by atoms with Gasteiger partial charge < -0.3 is 25.7 Å². The molecule has 4 N–H and O–H groups in total. The maximum absolute atomic E-state index is 13.7. The average molecular weight is 506 g/mol. The number of hydrogen-bond acceptors (Lipinski definition) is 5. The average Bonchev–Trinajstić information content (AvgIpc) is 3.11. The minimum atomic E-state index is -1.64. The van der Waals surface area contributed by atoms with E-state index in [-0.39, 0.29) is 36.7 Å². The lowest BCUT2D eigenvalue weighted by atomic mass is 9.81. The Hall–Kier alpha value is -3.91. The molecule has 1 aliphatic heterocycles. The maximum atomic E-state index is 13.7. The second kappa shape index (κ2) is 11.4. The fraction of sp³-hybridized carbons (Fsp3) is 0.345. The van der Waals surface area contributed by atoms with E-state index in [1.807, 2.05) is 44.2 Å². The summed E-state index contributed by atoms with van der Waals surface area (Å²) in [6, 6.07) is 11.9. The fourth-order valence-electron chi connectivity index (χ4n) is 4.59. The maximum Gasteiger partial charge on any atom is 0.254 e. The SMILES string of the molecule is C=CCNC(=O)C1N(C(=O)C(O)C(Cc2ccccc2)NC(=O)c2cccc(O)c2C)CC(=C)C1(C)C. The molecule has 37 heavy (non-hydrogen) atoms. The highest BCUT2D eigenvalue weighted by atomic mass is 16.3. The number of likely N-dealkylation sites (tertiary alicyclic amines) is 1. The number of aromatic hydroxyl groups is 1. The lowest BCUT2D eigenvalue weighted by Gasteiger charge is -2.34. The molecule has 2 aromatic carbocycles. The highest BCUT2D eigenvalue weighted by Gasteiger charge is 2.51. The van der Waals surface area contributed by atoms with Gasteiger partial charge in [-0.15, -0.1) is 6.58 Å². The Kier molecular flexibility index (Phi) is 8.55. The zero-order valence-corrected chi connectivity index (χ0v) is 21.5. The molecular weight excluding hydrogens is 470 g/mol. The number of amides is 3. The third-order valence-corrected chi connectivity index (χ3v) is 7.02. The van der Waals surface area contributed by atoms with Crippen LogP contribution >= 0.6 is 0 Å². The van der Waals surface area contributed by atoms with Crippen molar-refractivity contribution >= 4 is 17.7 Å². The van der Waals surface area contributed by atoms with E-state index in [4.69, 9.17) is 0 Å². The predicted molar refractivity (Wildman–Crippen MR) is 142 cm³/mol. The molecule has 2 aromatic rings. The van der Waals surface area contributed by atoms with Crippen molar-refractivity contribution in [3.63, 3.8) is 0 Å². The summed E-state index contributed by atoms with van der Waals surface area (Å²) in [7, 11) is 0. The van der Waals surface area contributed by atoms with Crippen LogP contribution in [0.1, 0.15) is 35.3 Å². The zero-order chi connectivity index (χ0) is 27.3. The lowest BCUT2D eigenvalue weighted by Crippen LogP contribution is -2.57. The van der Waals surface area contributed by atoms with Crippen molar-refractivity contribution in [3.05, 3.63) is 90.0 Å². The van der Waals surface area contributed by atoms with Crippen molar-refractivity contribution in [2.45, 2.75) is 45.4 Å². The normalized spacial score (nSPS) is 18.1. The van der Waals surface area contributed by atoms with Crippen LogP contribution in [0.3, 0.4) is 0 Å². The molecule has 1 aliphatic rings. The van der Waals surface area contributed by atoms with Crippen LogP contribution in [-0.2, 0) is 16.0 Å². The van der Waals surface area contributed by atoms with Crippen LogP contribution in [0.2, 0.25) is 0 Å². The first kappa shape index (κ1) is 27.7. The van der Waals surface area contributed by atoms with E-state index in [1.54, 1.807) is 25.1 Å². The molecule has 0 aliphatic carbocycles. The topological polar surface area (TPSA) is 119 Å². The van der Waals surface area contributed by atoms with Crippen LogP contribution in [0.25, 0.3) is 0 Å². The van der Waals surface area contributed by atoms with Gasteiger partial charge in [0.2, 0.25) is 5.91 Å². The van der Waals surface area contributed by atoms with Gasteiger partial charge in [0.05, 0.1) is 6.04 Å². The van der Waals surface area contributed by atoms with Gasteiger partial charge in [-0.05, 0) is 36.6 Å². The van der Waals surface area contributed by atoms with Crippen LogP contribution in [0.4, 0.5) is 0 Å². The van der Waals surface area contributed by atoms with E-state index in [0.717, 1.165) is 5.56 Å². The molecule has 1 heterocycles. The molecule has 196 valence electrons. The van der Waals surface area contributed by atoms with Gasteiger partial charge in [-0.25, -0.2) is 0 Å². The third kappa shape index (κ3) is 5.91. The molecule has 3 atom stereocenters. The molecule has 8 nitrogen and oxygen atoms in total. The molecule has 0 spiro atoms. The first-order valence-corrected chi connectivity index (χ1v) is 12.2. The molecule has 1 saturated heterocycles. The second-order valence-electron chi connectivity index (χ2n) is 9.89. The highest BCUT2D eigenvalue weighted by molar-refractivity contribution is 5.97. The Morgan fingerprint density at radius 3 is 2.49 bits per heavy atom. The zero-order valence-electron chi connectivity index (χ0n) is 21.5. The van der Waals surface area contributed by atoms with Crippen LogP contribution < -0.4 is 10.6 Å². The van der Waals surface area contributed by atoms with Gasteiger partial charge in [-0.3, -0.25) is 14.4 Å². The lowest BCUT2D eigenvalue weighted by molar-refractivity contribution is -0.148. The number of hydrogen-bond donors (Lipinski definition) is 4. The standard InChI is InChI=1S/C29H35N3O5/c1-6-15-30-27(36)25-29(4,5)18(2)17-32(25)28(37)24(34)22(16-20-11-8-7-9-12-20)31-26(35)21-13-10-14-23(33)19(21)3/h6-14,22,24-25,33-34H,1-2,15-17H2,3-5H3,(H,30,36)(H,31,35). The van der Waals surface area contributed by atoms with Gasteiger partial charge in [0, 0.05) is 29.6 Å². The molecule has 1 fully saturated rings. The van der Waals surface area contributed by atoms with Crippen molar-refractivity contribution in [1.29, 1.82) is 0 Å². The van der Waals surface area contributed by atoms with Gasteiger partial charge in [0.15, 0.2) is 6.10 Å². The molecule has 3 rings (SSSR count). The van der Waals surface area contributed by atoms with E-state index in [9.17, 15) is 24.6 Å². The number of carbonyl (C=O) groups excluding carboxylic acids is 3. The Morgan fingerprint density at radius 2 is 1.84 bits per heavy atom. The Balaban J connectivity index is 1.92. The molecule has 0 saturated carbocycles. The van der Waals surface area contributed by atoms with Gasteiger partial charge in [0.25, 0.3) is 11.8 Å². The summed E-state index contributed by atoms with van der Waals surface area (Å²) < 4.78 is 0. The number of phenols is 1. The number of carbonyl (C=O) groups is 3. The Morgan fingerprint density at radius 1 is 1.16 bits per heavy atom. The molecule has 0 aromatic heterocycles. The van der Waals surface area contributed by atoms with Crippen molar-refractivity contribution in [2.75, 3.05) is 13.1 Å². The largest absolute Gasteiger partial charge is 0.508 e. The van der Waals surface area contributed by atoms with Gasteiger partial charge >= 0.3 is 0 Å². The number of aliphatic hydroxyl groups excluding tert-OH is 1. The summed E-state index contributed by atoms with van der Waals surface area (Å²) in [5.41, 5.74) is 1.38. The number of nitrogens with one attached hydrogen (secondary N) is 2. The van der Waals surface area contributed by atoms with Crippen LogP contribution in [0.15, 0.2) is 73.3 Å². The van der Waals surface area contributed by atoms with E-state index in [0.29, 0.717) is 11.1 Å². The second-order valence-corrected chi connectivity index (χ2v) is 9.89. The van der Waals surface area contributed by atoms with Crippen molar-refractivity contribution < 1.29 is 24.6 Å². The molecule has 3 unspecified atom stereocenters. The quantitative estimate of drug-likeness (QED) is 0.391. The Bertz CT molecular complexity index is 1190. The Labute approximate surface area is 217 Å². The summed E-state index contributed by atoms with van der Waals surface area (Å²) in [5.74, 6) is -1.62. The van der Waals surface area contributed by atoms with Crippen molar-refractivity contribution in [1.82, 2.24) is 15.5 Å². The monoisotopic (exact) mass is 505 g/mol. The van der Waals surface area contributed by atoms with E-state index in [1.165, 1.54) is 11.0 Å². The summed E-state index contributed by atoms with van der Waals surface area (Å²) in [5, 5.41) is 26.9. The highest BCUT2D eigenvalue weighted by Crippen LogP contribution is 2.40. The first-order valence-electron chi connectivity index (χ1n) is 12.2. The van der Waals surface area contributed by atoms with Crippen LogP contribution in [-0.4, -0.2) is 64.1 Å². The molecular formula is C29H35N3O5. The van der Waals surface area contributed by atoms with E-state index >= 15 is 0 Å². The van der Waals surface area contributed by atoms with Crippen molar-refractivity contribution in [2.24, 2.45) is 5.41 Å². The predicted octanol–water partition coefficient (Wildman–Crippen LogP) is 2.50. The summed E-state index contributed by atoms with van der Waals surface area (Å²) in [4.78, 5) is 41.2. The number of nitrogens with zero attached hydrogens (tertiary/aromatic N) is 1. The minimum absolute atomic E-state index is 0.0323. The van der Waals surface area contributed by atoms with E-state index < -0.39 is 35.4 Å². The van der Waals surface area contributed by atoms with Gasteiger partial charge in [-0.1, -0.05) is 62.9 Å². The number of rotatable bonds is 9.